The number of benzene rings is 2. The zero-order chi connectivity index (χ0) is 20.3. The Morgan fingerprint density at radius 3 is 1.93 bits per heavy atom. The molecule has 28 heavy (non-hydrogen) atoms. The van der Waals surface area contributed by atoms with Crippen molar-refractivity contribution < 1.29 is 4.39 Å². The lowest BCUT2D eigenvalue weighted by Crippen LogP contribution is -2.55. The summed E-state index contributed by atoms with van der Waals surface area (Å²) >= 11 is 1.90. The highest BCUT2D eigenvalue weighted by atomic mass is 32.2. The molecule has 0 amide bonds. The Morgan fingerprint density at radius 2 is 1.43 bits per heavy atom. The fraction of sp³-hybridized carbons (Fsp3) is 0.500. The van der Waals surface area contributed by atoms with E-state index in [1.165, 1.54) is 11.1 Å². The lowest BCUT2D eigenvalue weighted by atomic mass is 10.0. The molecule has 2 aromatic carbocycles. The van der Waals surface area contributed by atoms with Gasteiger partial charge in [0.15, 0.2) is 0 Å². The Morgan fingerprint density at radius 1 is 0.929 bits per heavy atom. The summed E-state index contributed by atoms with van der Waals surface area (Å²) in [5, 5.41) is 0.178. The average molecular weight is 401 g/mol. The third kappa shape index (κ3) is 5.37. The first kappa shape index (κ1) is 21.4. The SMILES string of the molecule is Cc1ccc(C(SN2CC(C)N(CC(C)C)C(C)C2)c2ccc(F)cc2)cc1. The van der Waals surface area contributed by atoms with E-state index >= 15 is 0 Å². The summed E-state index contributed by atoms with van der Waals surface area (Å²) < 4.78 is 16.0. The molecule has 1 fully saturated rings. The number of halogens is 1. The van der Waals surface area contributed by atoms with Gasteiger partial charge in [-0.2, -0.15) is 0 Å². The molecule has 0 saturated carbocycles. The Bertz CT molecular complexity index is 687. The minimum absolute atomic E-state index is 0.178. The molecule has 1 saturated heterocycles. The predicted molar refractivity (Wildman–Crippen MR) is 119 cm³/mol. The fourth-order valence-corrected chi connectivity index (χ4v) is 5.48. The second-order valence-corrected chi connectivity index (χ2v) is 9.78. The van der Waals surface area contributed by atoms with E-state index in [0.29, 0.717) is 18.0 Å². The van der Waals surface area contributed by atoms with E-state index in [1.807, 2.05) is 24.1 Å². The van der Waals surface area contributed by atoms with Crippen LogP contribution in [0, 0.1) is 18.7 Å². The van der Waals surface area contributed by atoms with Crippen LogP contribution in [0.1, 0.15) is 49.6 Å². The number of hydrogen-bond donors (Lipinski definition) is 0. The molecule has 4 heteroatoms. The maximum absolute atomic E-state index is 13.5. The first-order chi connectivity index (χ1) is 13.3. The van der Waals surface area contributed by atoms with Crippen molar-refractivity contribution in [2.24, 2.45) is 5.92 Å². The van der Waals surface area contributed by atoms with Crippen molar-refractivity contribution >= 4 is 11.9 Å². The zero-order valence-electron chi connectivity index (χ0n) is 17.7. The Kier molecular flexibility index (Phi) is 7.19. The van der Waals surface area contributed by atoms with Crippen LogP contribution >= 0.6 is 11.9 Å². The van der Waals surface area contributed by atoms with Gasteiger partial charge in [0, 0.05) is 31.7 Å². The Labute approximate surface area is 174 Å². The highest BCUT2D eigenvalue weighted by molar-refractivity contribution is 7.97. The molecule has 0 bridgehead atoms. The molecule has 3 atom stereocenters. The summed E-state index contributed by atoms with van der Waals surface area (Å²) in [6.45, 7) is 14.6. The summed E-state index contributed by atoms with van der Waals surface area (Å²) in [6.07, 6.45) is 0. The third-order valence-electron chi connectivity index (χ3n) is 5.45. The molecular formula is C24H33FN2S. The van der Waals surface area contributed by atoms with Crippen molar-refractivity contribution in [2.75, 3.05) is 19.6 Å². The van der Waals surface area contributed by atoms with Crippen molar-refractivity contribution in [1.82, 2.24) is 9.21 Å². The third-order valence-corrected chi connectivity index (χ3v) is 6.80. The van der Waals surface area contributed by atoms with Crippen molar-refractivity contribution in [1.29, 1.82) is 0 Å². The van der Waals surface area contributed by atoms with Crippen LogP contribution in [0.15, 0.2) is 48.5 Å². The summed E-state index contributed by atoms with van der Waals surface area (Å²) in [7, 11) is 0. The molecule has 2 aromatic rings. The molecule has 1 aliphatic heterocycles. The largest absolute Gasteiger partial charge is 0.295 e. The molecule has 0 aliphatic carbocycles. The van der Waals surface area contributed by atoms with Crippen molar-refractivity contribution in [3.8, 4) is 0 Å². The number of nitrogens with zero attached hydrogens (tertiary/aromatic N) is 2. The summed E-state index contributed by atoms with van der Waals surface area (Å²) in [6, 6.07) is 16.8. The Balaban J connectivity index is 1.80. The Hall–Kier alpha value is -1.36. The second kappa shape index (κ2) is 9.43. The predicted octanol–water partition coefficient (Wildman–Crippen LogP) is 5.92. The molecule has 1 aliphatic rings. The smallest absolute Gasteiger partial charge is 0.123 e. The summed E-state index contributed by atoms with van der Waals surface area (Å²) in [5.41, 5.74) is 3.68. The van der Waals surface area contributed by atoms with Crippen LogP contribution in [0.4, 0.5) is 4.39 Å². The van der Waals surface area contributed by atoms with Gasteiger partial charge >= 0.3 is 0 Å². The van der Waals surface area contributed by atoms with E-state index in [0.717, 1.165) is 25.2 Å². The quantitative estimate of drug-likeness (QED) is 0.556. The molecule has 1 heterocycles. The molecule has 0 radical (unpaired) electrons. The van der Waals surface area contributed by atoms with Crippen LogP contribution in [0.25, 0.3) is 0 Å². The van der Waals surface area contributed by atoms with Gasteiger partial charge in [0.05, 0.1) is 5.25 Å². The van der Waals surface area contributed by atoms with E-state index in [-0.39, 0.29) is 11.1 Å². The van der Waals surface area contributed by atoms with E-state index in [4.69, 9.17) is 0 Å². The first-order valence-electron chi connectivity index (χ1n) is 10.3. The average Bonchev–Trinajstić information content (AvgIpc) is 2.64. The van der Waals surface area contributed by atoms with Gasteiger partial charge in [0.2, 0.25) is 0 Å². The van der Waals surface area contributed by atoms with Crippen LogP contribution in [-0.2, 0) is 0 Å². The summed E-state index contributed by atoms with van der Waals surface area (Å²) in [5.74, 6) is 0.504. The lowest BCUT2D eigenvalue weighted by Gasteiger charge is -2.45. The van der Waals surface area contributed by atoms with Crippen LogP contribution < -0.4 is 0 Å². The van der Waals surface area contributed by atoms with Crippen molar-refractivity contribution in [3.63, 3.8) is 0 Å². The highest BCUT2D eigenvalue weighted by Crippen LogP contribution is 2.39. The number of rotatable bonds is 6. The molecular weight excluding hydrogens is 367 g/mol. The van der Waals surface area contributed by atoms with Gasteiger partial charge < -0.3 is 0 Å². The monoisotopic (exact) mass is 400 g/mol. The van der Waals surface area contributed by atoms with Crippen LogP contribution in [-0.4, -0.2) is 40.9 Å². The molecule has 3 unspecified atom stereocenters. The number of aryl methyl sites for hydroxylation is 1. The van der Waals surface area contributed by atoms with Crippen LogP contribution in [0.2, 0.25) is 0 Å². The van der Waals surface area contributed by atoms with Crippen molar-refractivity contribution in [3.05, 3.63) is 71.0 Å². The number of piperazine rings is 1. The minimum Gasteiger partial charge on any atom is -0.295 e. The number of hydrogen-bond acceptors (Lipinski definition) is 3. The highest BCUT2D eigenvalue weighted by Gasteiger charge is 2.31. The van der Waals surface area contributed by atoms with Gasteiger partial charge in [0.25, 0.3) is 0 Å². The second-order valence-electron chi connectivity index (χ2n) is 8.58. The van der Waals surface area contributed by atoms with Crippen LogP contribution in [0.3, 0.4) is 0 Å². The van der Waals surface area contributed by atoms with Gasteiger partial charge in [-0.05, 0) is 49.9 Å². The molecule has 0 aromatic heterocycles. The fourth-order valence-electron chi connectivity index (χ4n) is 4.02. The lowest BCUT2D eigenvalue weighted by molar-refractivity contribution is 0.0702. The molecule has 0 N–H and O–H groups in total. The first-order valence-corrected chi connectivity index (χ1v) is 11.2. The van der Waals surface area contributed by atoms with Gasteiger partial charge in [-0.15, -0.1) is 0 Å². The van der Waals surface area contributed by atoms with E-state index in [9.17, 15) is 4.39 Å². The van der Waals surface area contributed by atoms with E-state index < -0.39 is 0 Å². The van der Waals surface area contributed by atoms with Crippen molar-refractivity contribution in [2.45, 2.75) is 52.0 Å². The van der Waals surface area contributed by atoms with Gasteiger partial charge in [-0.1, -0.05) is 67.8 Å². The van der Waals surface area contributed by atoms with Gasteiger partial charge in [0.1, 0.15) is 5.82 Å². The minimum atomic E-state index is -0.180. The zero-order valence-corrected chi connectivity index (χ0v) is 18.5. The van der Waals surface area contributed by atoms with Crippen LogP contribution in [0.5, 0.6) is 0 Å². The molecule has 2 nitrogen and oxygen atoms in total. The van der Waals surface area contributed by atoms with E-state index in [1.54, 1.807) is 12.1 Å². The standard InChI is InChI=1S/C24H33FN2S/c1-17(2)14-27-19(4)15-26(16-20(27)5)28-24(21-8-6-18(3)7-9-21)22-10-12-23(25)13-11-22/h6-13,17,19-20,24H,14-16H2,1-5H3. The summed E-state index contributed by atoms with van der Waals surface area (Å²) in [4.78, 5) is 2.64. The van der Waals surface area contributed by atoms with Gasteiger partial charge in [-0.25, -0.2) is 8.70 Å². The molecule has 152 valence electrons. The topological polar surface area (TPSA) is 6.48 Å². The van der Waals surface area contributed by atoms with Gasteiger partial charge in [-0.3, -0.25) is 4.90 Å². The maximum atomic E-state index is 13.5. The normalized spacial score (nSPS) is 22.5. The van der Waals surface area contributed by atoms with E-state index in [2.05, 4.69) is 68.1 Å². The maximum Gasteiger partial charge on any atom is 0.123 e. The molecule has 0 spiro atoms. The molecule has 3 rings (SSSR count).